The van der Waals surface area contributed by atoms with Gasteiger partial charge < -0.3 is 5.73 Å². The molecule has 0 spiro atoms. The molecule has 1 aromatic carbocycles. The fourth-order valence-electron chi connectivity index (χ4n) is 3.68. The lowest BCUT2D eigenvalue weighted by molar-refractivity contribution is 0.260. The average molecular weight is 395 g/mol. The first-order chi connectivity index (χ1) is 10.7. The highest BCUT2D eigenvalue weighted by Crippen LogP contribution is 2.37. The molecule has 136 valence electrons. The zero-order valence-electron chi connectivity index (χ0n) is 13.5. The lowest BCUT2D eigenvalue weighted by atomic mass is 9.78. The van der Waals surface area contributed by atoms with Gasteiger partial charge in [-0.15, -0.1) is 12.4 Å². The van der Waals surface area contributed by atoms with Crippen LogP contribution in [0.5, 0.6) is 0 Å². The number of hydrogen-bond acceptors (Lipinski definition) is 5. The van der Waals surface area contributed by atoms with Crippen LogP contribution in [0.15, 0.2) is 34.1 Å². The van der Waals surface area contributed by atoms with E-state index >= 15 is 0 Å². The maximum atomic E-state index is 12.8. The predicted molar refractivity (Wildman–Crippen MR) is 94.4 cm³/mol. The quantitative estimate of drug-likeness (QED) is 0.832. The second kappa shape index (κ2) is 6.92. The van der Waals surface area contributed by atoms with Gasteiger partial charge in [-0.05, 0) is 48.9 Å². The minimum atomic E-state index is -3.60. The van der Waals surface area contributed by atoms with Crippen molar-refractivity contribution in [1.29, 1.82) is 0 Å². The van der Waals surface area contributed by atoms with Gasteiger partial charge in [0.2, 0.25) is 10.0 Å². The van der Waals surface area contributed by atoms with Gasteiger partial charge in [-0.1, -0.05) is 6.42 Å². The minimum Gasteiger partial charge on any atom is -0.327 e. The van der Waals surface area contributed by atoms with Crippen molar-refractivity contribution in [2.45, 2.75) is 35.1 Å². The third-order valence-electron chi connectivity index (χ3n) is 5.01. The standard InChI is InChI=1S/C15H22N2O4S2.ClH/c1-22(18,19)12-5-7-13(8-6-12)23(20,21)17-9-11-3-2-4-15(16)14(11)10-17;/h5-8,11,14-15H,2-4,9-10,16H2,1H3;1H. The van der Waals surface area contributed by atoms with E-state index in [1.807, 2.05) is 0 Å². The Bertz CT molecular complexity index is 793. The number of fused-ring (bicyclic) bond motifs is 1. The predicted octanol–water partition coefficient (Wildman–Crippen LogP) is 1.26. The van der Waals surface area contributed by atoms with E-state index in [2.05, 4.69) is 0 Å². The Morgan fingerprint density at radius 2 is 1.58 bits per heavy atom. The molecule has 1 heterocycles. The van der Waals surface area contributed by atoms with Crippen LogP contribution in [0, 0.1) is 11.8 Å². The molecule has 0 bridgehead atoms. The van der Waals surface area contributed by atoms with Crippen molar-refractivity contribution in [3.05, 3.63) is 24.3 Å². The number of nitrogens with zero attached hydrogens (tertiary/aromatic N) is 1. The van der Waals surface area contributed by atoms with Crippen molar-refractivity contribution >= 4 is 32.3 Å². The third-order valence-corrected chi connectivity index (χ3v) is 7.98. The van der Waals surface area contributed by atoms with Crippen LogP contribution in [-0.2, 0) is 19.9 Å². The van der Waals surface area contributed by atoms with Crippen LogP contribution < -0.4 is 5.73 Å². The van der Waals surface area contributed by atoms with Gasteiger partial charge in [0, 0.05) is 25.4 Å². The first kappa shape index (κ1) is 19.7. The molecule has 2 N–H and O–H groups in total. The number of benzene rings is 1. The van der Waals surface area contributed by atoms with Crippen molar-refractivity contribution in [1.82, 2.24) is 4.31 Å². The molecule has 9 heteroatoms. The average Bonchev–Trinajstić information content (AvgIpc) is 2.93. The molecule has 6 nitrogen and oxygen atoms in total. The Balaban J connectivity index is 0.00000208. The van der Waals surface area contributed by atoms with E-state index in [0.717, 1.165) is 25.5 Å². The minimum absolute atomic E-state index is 0. The summed E-state index contributed by atoms with van der Waals surface area (Å²) in [7, 11) is -6.93. The van der Waals surface area contributed by atoms with Crippen molar-refractivity contribution < 1.29 is 16.8 Å². The zero-order valence-corrected chi connectivity index (χ0v) is 15.9. The Hall–Kier alpha value is -0.670. The zero-order chi connectivity index (χ0) is 16.8. The molecule has 1 saturated heterocycles. The normalized spacial score (nSPS) is 28.2. The Labute approximate surface area is 149 Å². The fraction of sp³-hybridized carbons (Fsp3) is 0.600. The summed E-state index contributed by atoms with van der Waals surface area (Å²) in [5.41, 5.74) is 6.14. The van der Waals surface area contributed by atoms with Gasteiger partial charge in [0.25, 0.3) is 0 Å². The number of nitrogens with two attached hydrogens (primary N) is 1. The first-order valence-electron chi connectivity index (χ1n) is 7.75. The number of sulfone groups is 1. The number of sulfonamides is 1. The Morgan fingerprint density at radius 3 is 2.12 bits per heavy atom. The van der Waals surface area contributed by atoms with Gasteiger partial charge in [0.1, 0.15) is 0 Å². The first-order valence-corrected chi connectivity index (χ1v) is 11.1. The summed E-state index contributed by atoms with van der Waals surface area (Å²) in [5.74, 6) is 0.567. The maximum Gasteiger partial charge on any atom is 0.243 e. The third kappa shape index (κ3) is 3.62. The van der Waals surface area contributed by atoms with E-state index < -0.39 is 19.9 Å². The summed E-state index contributed by atoms with van der Waals surface area (Å²) in [4.78, 5) is 0.255. The number of rotatable bonds is 3. The molecule has 0 amide bonds. The molecule has 3 unspecified atom stereocenters. The second-order valence-electron chi connectivity index (χ2n) is 6.58. The summed E-state index contributed by atoms with van der Waals surface area (Å²) in [5, 5.41) is 0. The lowest BCUT2D eigenvalue weighted by Crippen LogP contribution is -2.38. The molecule has 3 rings (SSSR count). The van der Waals surface area contributed by atoms with E-state index in [1.165, 1.54) is 28.6 Å². The Kier molecular flexibility index (Phi) is 5.66. The fourth-order valence-corrected chi connectivity index (χ4v) is 5.84. The summed E-state index contributed by atoms with van der Waals surface area (Å²) >= 11 is 0. The second-order valence-corrected chi connectivity index (χ2v) is 10.5. The van der Waals surface area contributed by atoms with Gasteiger partial charge in [-0.25, -0.2) is 16.8 Å². The highest BCUT2D eigenvalue weighted by atomic mass is 35.5. The van der Waals surface area contributed by atoms with E-state index in [-0.39, 0.29) is 34.2 Å². The molecule has 1 aliphatic heterocycles. The van der Waals surface area contributed by atoms with Crippen molar-refractivity contribution in [2.75, 3.05) is 19.3 Å². The summed E-state index contributed by atoms with van der Waals surface area (Å²) < 4.78 is 50.0. The van der Waals surface area contributed by atoms with E-state index in [4.69, 9.17) is 5.73 Å². The molecular formula is C15H23ClN2O4S2. The van der Waals surface area contributed by atoms with Gasteiger partial charge in [-0.3, -0.25) is 0 Å². The van der Waals surface area contributed by atoms with Crippen LogP contribution in [0.3, 0.4) is 0 Å². The summed E-state index contributed by atoms with van der Waals surface area (Å²) in [6.45, 7) is 0.969. The van der Waals surface area contributed by atoms with Crippen LogP contribution in [0.4, 0.5) is 0 Å². The molecule has 2 fully saturated rings. The van der Waals surface area contributed by atoms with Crippen LogP contribution in [0.1, 0.15) is 19.3 Å². The largest absolute Gasteiger partial charge is 0.327 e. The van der Waals surface area contributed by atoms with E-state index in [9.17, 15) is 16.8 Å². The molecule has 3 atom stereocenters. The summed E-state index contributed by atoms with van der Waals surface area (Å²) in [6, 6.07) is 5.50. The SMILES string of the molecule is CS(=O)(=O)c1ccc(S(=O)(=O)N2CC3CCCC(N)C3C2)cc1.Cl. The Morgan fingerprint density at radius 1 is 1.00 bits per heavy atom. The molecule has 1 aromatic rings. The van der Waals surface area contributed by atoms with Crippen LogP contribution >= 0.6 is 12.4 Å². The molecule has 24 heavy (non-hydrogen) atoms. The molecular weight excluding hydrogens is 372 g/mol. The van der Waals surface area contributed by atoms with Gasteiger partial charge >= 0.3 is 0 Å². The van der Waals surface area contributed by atoms with Crippen molar-refractivity contribution in [3.8, 4) is 0 Å². The molecule has 1 saturated carbocycles. The monoisotopic (exact) mass is 394 g/mol. The highest BCUT2D eigenvalue weighted by Gasteiger charge is 2.43. The van der Waals surface area contributed by atoms with E-state index in [0.29, 0.717) is 19.0 Å². The summed E-state index contributed by atoms with van der Waals surface area (Å²) in [6.07, 6.45) is 4.14. The van der Waals surface area contributed by atoms with Crippen molar-refractivity contribution in [2.24, 2.45) is 17.6 Å². The molecule has 0 aromatic heterocycles. The molecule has 0 radical (unpaired) electrons. The van der Waals surface area contributed by atoms with E-state index in [1.54, 1.807) is 0 Å². The van der Waals surface area contributed by atoms with Crippen LogP contribution in [0.25, 0.3) is 0 Å². The lowest BCUT2D eigenvalue weighted by Gasteiger charge is -2.29. The van der Waals surface area contributed by atoms with Crippen molar-refractivity contribution in [3.63, 3.8) is 0 Å². The van der Waals surface area contributed by atoms with Gasteiger partial charge in [0.05, 0.1) is 9.79 Å². The molecule has 1 aliphatic carbocycles. The van der Waals surface area contributed by atoms with Gasteiger partial charge in [-0.2, -0.15) is 4.31 Å². The molecule has 2 aliphatic rings. The number of halogens is 1. The highest BCUT2D eigenvalue weighted by molar-refractivity contribution is 7.90. The van der Waals surface area contributed by atoms with Crippen LogP contribution in [-0.4, -0.2) is 46.5 Å². The smallest absolute Gasteiger partial charge is 0.243 e. The van der Waals surface area contributed by atoms with Crippen LogP contribution in [0.2, 0.25) is 0 Å². The van der Waals surface area contributed by atoms with Gasteiger partial charge in [0.15, 0.2) is 9.84 Å². The topological polar surface area (TPSA) is 97.5 Å². The number of hydrogen-bond donors (Lipinski definition) is 1. The maximum absolute atomic E-state index is 12.8.